The van der Waals surface area contributed by atoms with E-state index in [4.69, 9.17) is 19.9 Å². The minimum Gasteiger partial charge on any atom is -0.493 e. The van der Waals surface area contributed by atoms with Crippen molar-refractivity contribution in [2.75, 3.05) is 20.0 Å². The Labute approximate surface area is 108 Å². The van der Waals surface area contributed by atoms with Crippen LogP contribution in [-0.2, 0) is 6.61 Å². The van der Waals surface area contributed by atoms with E-state index in [1.165, 1.54) is 0 Å². The van der Waals surface area contributed by atoms with Gasteiger partial charge in [0.25, 0.3) is 0 Å². The Morgan fingerprint density at radius 2 is 1.89 bits per heavy atom. The van der Waals surface area contributed by atoms with E-state index in [-0.39, 0.29) is 6.61 Å². The Hall–Kier alpha value is -2.02. The number of anilines is 1. The van der Waals surface area contributed by atoms with Gasteiger partial charge in [0.15, 0.2) is 11.5 Å². The van der Waals surface area contributed by atoms with Crippen LogP contribution in [0.5, 0.6) is 17.2 Å². The Morgan fingerprint density at radius 3 is 2.39 bits per heavy atom. The fraction of sp³-hybridized carbons (Fsp3) is 0.273. The molecule has 6 nitrogen and oxygen atoms in total. The fourth-order valence-electron chi connectivity index (χ4n) is 1.42. The number of rotatable bonds is 5. The van der Waals surface area contributed by atoms with Crippen LogP contribution in [0.2, 0.25) is 0 Å². The van der Waals surface area contributed by atoms with Gasteiger partial charge in [0.05, 0.1) is 14.2 Å². The summed E-state index contributed by atoms with van der Waals surface area (Å²) >= 11 is 1.13. The molecular weight excluding hydrogens is 254 g/mol. The first kappa shape index (κ1) is 12.4. The van der Waals surface area contributed by atoms with Gasteiger partial charge in [-0.1, -0.05) is 10.6 Å². The fourth-order valence-corrected chi connectivity index (χ4v) is 1.85. The molecule has 2 rings (SSSR count). The van der Waals surface area contributed by atoms with Crippen molar-refractivity contribution in [1.29, 1.82) is 0 Å². The first-order chi connectivity index (χ1) is 8.76. The largest absolute Gasteiger partial charge is 0.493 e. The monoisotopic (exact) mass is 267 g/mol. The number of hydrogen-bond acceptors (Lipinski definition) is 7. The van der Waals surface area contributed by atoms with Gasteiger partial charge in [0.2, 0.25) is 5.75 Å². The minimum absolute atomic E-state index is 0.221. The second-order valence-corrected chi connectivity index (χ2v) is 4.15. The molecule has 0 saturated carbocycles. The lowest BCUT2D eigenvalue weighted by atomic mass is 10.3. The van der Waals surface area contributed by atoms with E-state index in [0.29, 0.717) is 27.9 Å². The molecular formula is C11H13N3O3S. The molecule has 0 fully saturated rings. The molecule has 96 valence electrons. The van der Waals surface area contributed by atoms with E-state index < -0.39 is 0 Å². The van der Waals surface area contributed by atoms with Crippen molar-refractivity contribution in [2.45, 2.75) is 6.61 Å². The van der Waals surface area contributed by atoms with Crippen LogP contribution < -0.4 is 19.9 Å². The molecule has 0 amide bonds. The quantitative estimate of drug-likeness (QED) is 0.888. The van der Waals surface area contributed by atoms with Crippen LogP contribution >= 0.6 is 11.5 Å². The summed E-state index contributed by atoms with van der Waals surface area (Å²) < 4.78 is 19.8. The predicted octanol–water partition coefficient (Wildman–Crippen LogP) is 1.72. The van der Waals surface area contributed by atoms with Crippen molar-refractivity contribution in [2.24, 2.45) is 0 Å². The van der Waals surface area contributed by atoms with Crippen LogP contribution in [-0.4, -0.2) is 23.8 Å². The maximum atomic E-state index is 5.70. The summed E-state index contributed by atoms with van der Waals surface area (Å²) in [5.74, 6) is 1.71. The smallest absolute Gasteiger partial charge is 0.203 e. The number of benzene rings is 1. The average molecular weight is 267 g/mol. The zero-order valence-corrected chi connectivity index (χ0v) is 10.9. The van der Waals surface area contributed by atoms with Gasteiger partial charge in [-0.3, -0.25) is 0 Å². The zero-order chi connectivity index (χ0) is 13.0. The van der Waals surface area contributed by atoms with E-state index in [9.17, 15) is 0 Å². The van der Waals surface area contributed by atoms with Gasteiger partial charge in [-0.05, 0) is 12.1 Å². The molecule has 1 aromatic heterocycles. The van der Waals surface area contributed by atoms with Crippen LogP contribution in [0.3, 0.4) is 0 Å². The SMILES string of the molecule is COc1cccc(OC)c1OCc1nnsc1N. The first-order valence-corrected chi connectivity index (χ1v) is 5.94. The highest BCUT2D eigenvalue weighted by Crippen LogP contribution is 2.37. The summed E-state index contributed by atoms with van der Waals surface area (Å²) in [5.41, 5.74) is 6.30. The van der Waals surface area contributed by atoms with Crippen molar-refractivity contribution in [1.82, 2.24) is 9.59 Å². The lowest BCUT2D eigenvalue weighted by Gasteiger charge is -2.13. The number of aromatic nitrogens is 2. The Morgan fingerprint density at radius 1 is 1.22 bits per heavy atom. The molecule has 0 aliphatic rings. The molecule has 0 aliphatic carbocycles. The molecule has 0 spiro atoms. The molecule has 0 saturated heterocycles. The molecule has 0 radical (unpaired) electrons. The minimum atomic E-state index is 0.221. The van der Waals surface area contributed by atoms with Crippen molar-refractivity contribution in [3.63, 3.8) is 0 Å². The number of hydrogen-bond donors (Lipinski definition) is 1. The zero-order valence-electron chi connectivity index (χ0n) is 10.0. The summed E-state index contributed by atoms with van der Waals surface area (Å²) in [7, 11) is 3.14. The summed E-state index contributed by atoms with van der Waals surface area (Å²) in [6.07, 6.45) is 0. The molecule has 18 heavy (non-hydrogen) atoms. The highest BCUT2D eigenvalue weighted by molar-refractivity contribution is 7.09. The number of nitrogens with zero attached hydrogens (tertiary/aromatic N) is 2. The molecule has 2 N–H and O–H groups in total. The highest BCUT2D eigenvalue weighted by Gasteiger charge is 2.13. The van der Waals surface area contributed by atoms with Crippen molar-refractivity contribution >= 4 is 16.5 Å². The second-order valence-electron chi connectivity index (χ2n) is 3.36. The van der Waals surface area contributed by atoms with Crippen molar-refractivity contribution in [3.8, 4) is 17.2 Å². The van der Waals surface area contributed by atoms with E-state index in [1.807, 2.05) is 6.07 Å². The van der Waals surface area contributed by atoms with Gasteiger partial charge >= 0.3 is 0 Å². The maximum absolute atomic E-state index is 5.70. The van der Waals surface area contributed by atoms with E-state index in [0.717, 1.165) is 11.5 Å². The van der Waals surface area contributed by atoms with Gasteiger partial charge in [0.1, 0.15) is 17.3 Å². The molecule has 0 unspecified atom stereocenters. The molecule has 0 bridgehead atoms. The van der Waals surface area contributed by atoms with Crippen LogP contribution in [0.1, 0.15) is 5.69 Å². The van der Waals surface area contributed by atoms with Gasteiger partial charge < -0.3 is 19.9 Å². The van der Waals surface area contributed by atoms with Crippen LogP contribution in [0.4, 0.5) is 5.00 Å². The van der Waals surface area contributed by atoms with Gasteiger partial charge in [-0.15, -0.1) is 5.10 Å². The number of nitrogens with two attached hydrogens (primary N) is 1. The first-order valence-electron chi connectivity index (χ1n) is 5.16. The lowest BCUT2D eigenvalue weighted by molar-refractivity contribution is 0.263. The second kappa shape index (κ2) is 5.54. The third-order valence-electron chi connectivity index (χ3n) is 2.32. The maximum Gasteiger partial charge on any atom is 0.203 e. The highest BCUT2D eigenvalue weighted by atomic mass is 32.1. The van der Waals surface area contributed by atoms with Gasteiger partial charge in [0, 0.05) is 11.5 Å². The van der Waals surface area contributed by atoms with E-state index >= 15 is 0 Å². The Balaban J connectivity index is 2.20. The topological polar surface area (TPSA) is 79.5 Å². The number of ether oxygens (including phenoxy) is 3. The van der Waals surface area contributed by atoms with Crippen LogP contribution in [0, 0.1) is 0 Å². The third kappa shape index (κ3) is 2.45. The molecule has 1 heterocycles. The molecule has 2 aromatic rings. The summed E-state index contributed by atoms with van der Waals surface area (Å²) in [6.45, 7) is 0.221. The summed E-state index contributed by atoms with van der Waals surface area (Å²) in [5, 5.41) is 4.42. The number of methoxy groups -OCH3 is 2. The van der Waals surface area contributed by atoms with Gasteiger partial charge in [-0.2, -0.15) is 0 Å². The Kier molecular flexibility index (Phi) is 3.83. The summed E-state index contributed by atoms with van der Waals surface area (Å²) in [6, 6.07) is 5.41. The lowest BCUT2D eigenvalue weighted by Crippen LogP contribution is -2.02. The molecule has 0 atom stereocenters. The van der Waals surface area contributed by atoms with Gasteiger partial charge in [-0.25, -0.2) is 0 Å². The van der Waals surface area contributed by atoms with Crippen molar-refractivity contribution in [3.05, 3.63) is 23.9 Å². The van der Waals surface area contributed by atoms with Crippen molar-refractivity contribution < 1.29 is 14.2 Å². The number of nitrogen functional groups attached to an aromatic ring is 1. The third-order valence-corrected chi connectivity index (χ3v) is 2.92. The normalized spacial score (nSPS) is 10.1. The summed E-state index contributed by atoms with van der Waals surface area (Å²) in [4.78, 5) is 0. The molecule has 7 heteroatoms. The average Bonchev–Trinajstić information content (AvgIpc) is 2.81. The predicted molar refractivity (Wildman–Crippen MR) is 68.2 cm³/mol. The molecule has 0 aliphatic heterocycles. The van der Waals surface area contributed by atoms with Crippen LogP contribution in [0.25, 0.3) is 0 Å². The van der Waals surface area contributed by atoms with Crippen LogP contribution in [0.15, 0.2) is 18.2 Å². The Bertz CT molecular complexity index is 508. The van der Waals surface area contributed by atoms with E-state index in [1.54, 1.807) is 26.4 Å². The molecule has 1 aromatic carbocycles. The van der Waals surface area contributed by atoms with E-state index in [2.05, 4.69) is 9.59 Å². The standard InChI is InChI=1S/C11H13N3O3S/c1-15-8-4-3-5-9(16-2)10(8)17-6-7-11(12)18-14-13-7/h3-5H,6,12H2,1-2H3. The number of para-hydroxylation sites is 1.